The Morgan fingerprint density at radius 2 is 2.00 bits per heavy atom. The summed E-state index contributed by atoms with van der Waals surface area (Å²) in [6, 6.07) is 4.71. The molecule has 2 N–H and O–H groups in total. The predicted octanol–water partition coefficient (Wildman–Crippen LogP) is 3.36. The number of halogens is 4. The number of aryl methyl sites for hydroxylation is 1. The quantitative estimate of drug-likeness (QED) is 0.884. The van der Waals surface area contributed by atoms with E-state index in [1.165, 1.54) is 6.07 Å². The highest BCUT2D eigenvalue weighted by Crippen LogP contribution is 2.36. The van der Waals surface area contributed by atoms with E-state index in [1.807, 2.05) is 0 Å². The first-order valence-corrected chi connectivity index (χ1v) is 5.18. The van der Waals surface area contributed by atoms with Crippen LogP contribution in [0.15, 0.2) is 22.7 Å². The van der Waals surface area contributed by atoms with Gasteiger partial charge >= 0.3 is 6.18 Å². The molecule has 1 rings (SSSR count). The van der Waals surface area contributed by atoms with Crippen molar-refractivity contribution in [3.63, 3.8) is 0 Å². The molecular formula is C10H11BrF3N. The molecule has 0 aromatic heterocycles. The minimum Gasteiger partial charge on any atom is -0.330 e. The first-order valence-electron chi connectivity index (χ1n) is 4.39. The number of rotatable bonds is 2. The molecule has 0 spiro atoms. The molecular weight excluding hydrogens is 271 g/mol. The third-order valence-electron chi connectivity index (χ3n) is 2.24. The smallest absolute Gasteiger partial charge is 0.330 e. The summed E-state index contributed by atoms with van der Waals surface area (Å²) in [5.41, 5.74) is 6.00. The number of nitrogens with two attached hydrogens (primary N) is 1. The van der Waals surface area contributed by atoms with Crippen molar-refractivity contribution >= 4 is 15.9 Å². The molecule has 0 aliphatic rings. The Kier molecular flexibility index (Phi) is 3.78. The van der Waals surface area contributed by atoms with Gasteiger partial charge in [0.05, 0.1) is 5.92 Å². The Balaban J connectivity index is 3.13. The van der Waals surface area contributed by atoms with E-state index in [9.17, 15) is 13.2 Å². The first-order chi connectivity index (χ1) is 6.86. The van der Waals surface area contributed by atoms with Crippen molar-refractivity contribution in [3.8, 4) is 0 Å². The molecule has 15 heavy (non-hydrogen) atoms. The Hall–Kier alpha value is -0.550. The lowest BCUT2D eigenvalue weighted by Gasteiger charge is -2.20. The average molecular weight is 282 g/mol. The molecule has 5 heteroatoms. The fourth-order valence-electron chi connectivity index (χ4n) is 1.47. The average Bonchev–Trinajstić information content (AvgIpc) is 2.07. The minimum absolute atomic E-state index is 0.244. The van der Waals surface area contributed by atoms with Crippen LogP contribution in [0.2, 0.25) is 0 Å². The van der Waals surface area contributed by atoms with Crippen LogP contribution in [0.1, 0.15) is 17.0 Å². The third-order valence-corrected chi connectivity index (χ3v) is 2.73. The second kappa shape index (κ2) is 4.53. The van der Waals surface area contributed by atoms with E-state index in [0.717, 1.165) is 4.47 Å². The normalized spacial score (nSPS) is 14.0. The minimum atomic E-state index is -4.28. The molecule has 0 aliphatic carbocycles. The molecule has 0 bridgehead atoms. The van der Waals surface area contributed by atoms with E-state index >= 15 is 0 Å². The lowest BCUT2D eigenvalue weighted by molar-refractivity contribution is -0.148. The van der Waals surface area contributed by atoms with E-state index < -0.39 is 18.6 Å². The van der Waals surface area contributed by atoms with Crippen molar-refractivity contribution < 1.29 is 13.2 Å². The summed E-state index contributed by atoms with van der Waals surface area (Å²) < 4.78 is 38.6. The highest BCUT2D eigenvalue weighted by atomic mass is 79.9. The lowest BCUT2D eigenvalue weighted by Crippen LogP contribution is -2.28. The van der Waals surface area contributed by atoms with Gasteiger partial charge in [-0.25, -0.2) is 0 Å². The van der Waals surface area contributed by atoms with Gasteiger partial charge in [0.15, 0.2) is 0 Å². The van der Waals surface area contributed by atoms with Crippen molar-refractivity contribution in [3.05, 3.63) is 33.8 Å². The van der Waals surface area contributed by atoms with E-state index in [4.69, 9.17) is 5.73 Å². The van der Waals surface area contributed by atoms with Crippen LogP contribution in [-0.4, -0.2) is 12.7 Å². The number of alkyl halides is 3. The first kappa shape index (κ1) is 12.5. The Morgan fingerprint density at radius 1 is 1.40 bits per heavy atom. The van der Waals surface area contributed by atoms with Gasteiger partial charge in [-0.05, 0) is 30.2 Å². The predicted molar refractivity (Wildman–Crippen MR) is 56.7 cm³/mol. The molecule has 0 saturated carbocycles. The van der Waals surface area contributed by atoms with Crippen LogP contribution in [0.5, 0.6) is 0 Å². The standard InChI is InChI=1S/C10H11BrF3N/c1-6-4-7(11)2-3-8(6)9(5-15)10(12,13)14/h2-4,9H,5,15H2,1H3. The summed E-state index contributed by atoms with van der Waals surface area (Å²) in [6.07, 6.45) is -4.28. The Bertz CT molecular complexity index is 349. The molecule has 0 amide bonds. The lowest BCUT2D eigenvalue weighted by atomic mass is 9.94. The van der Waals surface area contributed by atoms with Crippen LogP contribution >= 0.6 is 15.9 Å². The highest BCUT2D eigenvalue weighted by Gasteiger charge is 2.40. The number of hydrogen-bond acceptors (Lipinski definition) is 1. The molecule has 1 unspecified atom stereocenters. The second-order valence-electron chi connectivity index (χ2n) is 3.33. The number of hydrogen-bond donors (Lipinski definition) is 1. The van der Waals surface area contributed by atoms with Crippen molar-refractivity contribution in [2.45, 2.75) is 19.0 Å². The van der Waals surface area contributed by atoms with Crippen molar-refractivity contribution in [1.29, 1.82) is 0 Å². The van der Waals surface area contributed by atoms with Crippen LogP contribution in [-0.2, 0) is 0 Å². The largest absolute Gasteiger partial charge is 0.396 e. The van der Waals surface area contributed by atoms with Gasteiger partial charge in [0.25, 0.3) is 0 Å². The second-order valence-corrected chi connectivity index (χ2v) is 4.25. The van der Waals surface area contributed by atoms with Crippen LogP contribution in [0.3, 0.4) is 0 Å². The van der Waals surface area contributed by atoms with Gasteiger partial charge < -0.3 is 5.73 Å². The van der Waals surface area contributed by atoms with E-state index in [2.05, 4.69) is 15.9 Å². The number of benzene rings is 1. The zero-order chi connectivity index (χ0) is 11.6. The summed E-state index contributed by atoms with van der Waals surface area (Å²) in [5.74, 6) is -1.58. The summed E-state index contributed by atoms with van der Waals surface area (Å²) in [7, 11) is 0. The highest BCUT2D eigenvalue weighted by molar-refractivity contribution is 9.10. The van der Waals surface area contributed by atoms with Crippen molar-refractivity contribution in [2.75, 3.05) is 6.54 Å². The van der Waals surface area contributed by atoms with Gasteiger partial charge in [-0.1, -0.05) is 22.0 Å². The SMILES string of the molecule is Cc1cc(Br)ccc1C(CN)C(F)(F)F. The topological polar surface area (TPSA) is 26.0 Å². The molecule has 0 radical (unpaired) electrons. The maximum absolute atomic E-state index is 12.6. The summed E-state index contributed by atoms with van der Waals surface area (Å²) >= 11 is 3.21. The van der Waals surface area contributed by atoms with Gasteiger partial charge in [0.1, 0.15) is 0 Å². The van der Waals surface area contributed by atoms with Crippen LogP contribution in [0, 0.1) is 6.92 Å². The van der Waals surface area contributed by atoms with Crippen LogP contribution in [0.4, 0.5) is 13.2 Å². The summed E-state index contributed by atoms with van der Waals surface area (Å²) in [4.78, 5) is 0. The van der Waals surface area contributed by atoms with Gasteiger partial charge in [-0.15, -0.1) is 0 Å². The maximum Gasteiger partial charge on any atom is 0.396 e. The molecule has 0 fully saturated rings. The molecule has 0 heterocycles. The molecule has 84 valence electrons. The summed E-state index contributed by atoms with van der Waals surface area (Å²) in [6.45, 7) is 1.22. The Morgan fingerprint density at radius 3 is 2.40 bits per heavy atom. The fourth-order valence-corrected chi connectivity index (χ4v) is 1.94. The van der Waals surface area contributed by atoms with Gasteiger partial charge in [-0.3, -0.25) is 0 Å². The molecule has 0 aliphatic heterocycles. The van der Waals surface area contributed by atoms with Crippen LogP contribution < -0.4 is 5.73 Å². The third kappa shape index (κ3) is 2.95. The molecule has 1 nitrogen and oxygen atoms in total. The Labute approximate surface area is 94.6 Å². The van der Waals surface area contributed by atoms with E-state index in [-0.39, 0.29) is 5.56 Å². The van der Waals surface area contributed by atoms with E-state index in [0.29, 0.717) is 5.56 Å². The summed E-state index contributed by atoms with van der Waals surface area (Å²) in [5, 5.41) is 0. The zero-order valence-electron chi connectivity index (χ0n) is 8.11. The molecule has 1 atom stereocenters. The van der Waals surface area contributed by atoms with Crippen LogP contribution in [0.25, 0.3) is 0 Å². The fraction of sp³-hybridized carbons (Fsp3) is 0.400. The van der Waals surface area contributed by atoms with Gasteiger partial charge in [-0.2, -0.15) is 13.2 Å². The molecule has 1 aromatic rings. The van der Waals surface area contributed by atoms with Crippen molar-refractivity contribution in [2.24, 2.45) is 5.73 Å². The zero-order valence-corrected chi connectivity index (χ0v) is 9.69. The van der Waals surface area contributed by atoms with E-state index in [1.54, 1.807) is 19.1 Å². The molecule has 0 saturated heterocycles. The maximum atomic E-state index is 12.6. The van der Waals surface area contributed by atoms with Crippen molar-refractivity contribution in [1.82, 2.24) is 0 Å². The monoisotopic (exact) mass is 281 g/mol. The van der Waals surface area contributed by atoms with Gasteiger partial charge in [0, 0.05) is 11.0 Å². The molecule has 1 aromatic carbocycles. The van der Waals surface area contributed by atoms with Gasteiger partial charge in [0.2, 0.25) is 0 Å².